The van der Waals surface area contributed by atoms with Crippen LogP contribution in [0.25, 0.3) is 11.4 Å². The van der Waals surface area contributed by atoms with E-state index in [1.807, 2.05) is 30.3 Å². The van der Waals surface area contributed by atoms with Crippen molar-refractivity contribution < 1.29 is 4.79 Å². The van der Waals surface area contributed by atoms with E-state index in [-0.39, 0.29) is 5.91 Å². The second-order valence-electron chi connectivity index (χ2n) is 4.57. The number of anilines is 1. The fourth-order valence-corrected chi connectivity index (χ4v) is 1.80. The Hall–Kier alpha value is -3.16. The van der Waals surface area contributed by atoms with Crippen LogP contribution in [-0.2, 0) is 4.79 Å². The summed E-state index contributed by atoms with van der Waals surface area (Å²) in [5, 5.41) is 22.3. The molecule has 0 bridgehead atoms. The van der Waals surface area contributed by atoms with Gasteiger partial charge in [-0.25, -0.2) is 0 Å². The van der Waals surface area contributed by atoms with Crippen LogP contribution in [0.3, 0.4) is 0 Å². The molecule has 110 valence electrons. The molecule has 8 heteroatoms. The first-order chi connectivity index (χ1) is 10.7. The third-order valence-electron chi connectivity index (χ3n) is 3.01. The Labute approximate surface area is 126 Å². The molecule has 3 aromatic rings. The molecule has 1 aromatic carbocycles. The fourth-order valence-electron chi connectivity index (χ4n) is 1.80. The average molecular weight is 295 g/mol. The van der Waals surface area contributed by atoms with Crippen LogP contribution >= 0.6 is 0 Å². The SMILES string of the molecule is C[C@@H](C(=O)Nc1cccnn1)n1nnc(-c2ccccc2)n1. The van der Waals surface area contributed by atoms with Gasteiger partial charge in [0, 0.05) is 11.8 Å². The second-order valence-corrected chi connectivity index (χ2v) is 4.57. The Balaban J connectivity index is 1.74. The summed E-state index contributed by atoms with van der Waals surface area (Å²) < 4.78 is 0. The minimum absolute atomic E-state index is 0.294. The van der Waals surface area contributed by atoms with E-state index in [9.17, 15) is 4.79 Å². The molecule has 1 N–H and O–H groups in total. The molecule has 0 aliphatic carbocycles. The smallest absolute Gasteiger partial charge is 0.252 e. The van der Waals surface area contributed by atoms with Gasteiger partial charge >= 0.3 is 0 Å². The lowest BCUT2D eigenvalue weighted by Gasteiger charge is -2.09. The number of tetrazole rings is 1. The van der Waals surface area contributed by atoms with Crippen LogP contribution in [0.5, 0.6) is 0 Å². The second kappa shape index (κ2) is 6.08. The Morgan fingerprint density at radius 3 is 2.68 bits per heavy atom. The summed E-state index contributed by atoms with van der Waals surface area (Å²) in [7, 11) is 0. The molecule has 0 aliphatic heterocycles. The lowest BCUT2D eigenvalue weighted by atomic mass is 10.2. The molecule has 0 saturated carbocycles. The van der Waals surface area contributed by atoms with Gasteiger partial charge < -0.3 is 5.32 Å². The minimum atomic E-state index is -0.619. The maximum atomic E-state index is 12.2. The summed E-state index contributed by atoms with van der Waals surface area (Å²) in [5.74, 6) is 0.556. The quantitative estimate of drug-likeness (QED) is 0.779. The molecule has 1 atom stereocenters. The van der Waals surface area contributed by atoms with Crippen LogP contribution in [0.2, 0.25) is 0 Å². The zero-order chi connectivity index (χ0) is 15.4. The summed E-state index contributed by atoms with van der Waals surface area (Å²) >= 11 is 0. The van der Waals surface area contributed by atoms with Crippen LogP contribution < -0.4 is 5.32 Å². The number of benzene rings is 1. The molecule has 0 radical (unpaired) electrons. The number of aromatic nitrogens is 6. The monoisotopic (exact) mass is 295 g/mol. The standard InChI is InChI=1S/C14H13N7O/c1-10(14(22)16-12-8-5-9-15-17-12)21-19-13(18-20-21)11-6-3-2-4-7-11/h2-10H,1H3,(H,16,17,22)/t10-/m0/s1. The fraction of sp³-hybridized carbons (Fsp3) is 0.143. The van der Waals surface area contributed by atoms with E-state index in [0.717, 1.165) is 5.56 Å². The summed E-state index contributed by atoms with van der Waals surface area (Å²) in [6, 6.07) is 12.2. The number of rotatable bonds is 4. The number of carbonyl (C=O) groups is 1. The largest absolute Gasteiger partial charge is 0.307 e. The lowest BCUT2D eigenvalue weighted by molar-refractivity contribution is -0.119. The molecule has 1 amide bonds. The number of hydrogen-bond acceptors (Lipinski definition) is 6. The van der Waals surface area contributed by atoms with Crippen LogP contribution in [0.15, 0.2) is 48.7 Å². The minimum Gasteiger partial charge on any atom is -0.307 e. The number of nitrogens with one attached hydrogen (secondary N) is 1. The maximum Gasteiger partial charge on any atom is 0.252 e. The van der Waals surface area contributed by atoms with Gasteiger partial charge in [-0.3, -0.25) is 4.79 Å². The van der Waals surface area contributed by atoms with Gasteiger partial charge in [-0.05, 0) is 24.3 Å². The highest BCUT2D eigenvalue weighted by molar-refractivity contribution is 5.92. The van der Waals surface area contributed by atoms with E-state index in [1.165, 1.54) is 11.0 Å². The van der Waals surface area contributed by atoms with Crippen molar-refractivity contribution in [2.45, 2.75) is 13.0 Å². The third kappa shape index (κ3) is 2.95. The molecule has 22 heavy (non-hydrogen) atoms. The summed E-state index contributed by atoms with van der Waals surface area (Å²) in [5.41, 5.74) is 0.843. The summed E-state index contributed by atoms with van der Waals surface area (Å²) in [4.78, 5) is 13.4. The molecule has 0 saturated heterocycles. The van der Waals surface area contributed by atoms with Gasteiger partial charge in [0.15, 0.2) is 5.82 Å². The Morgan fingerprint density at radius 1 is 1.14 bits per heavy atom. The van der Waals surface area contributed by atoms with Gasteiger partial charge in [-0.15, -0.1) is 15.3 Å². The molecule has 0 spiro atoms. The first-order valence-corrected chi connectivity index (χ1v) is 6.67. The first-order valence-electron chi connectivity index (χ1n) is 6.67. The zero-order valence-corrected chi connectivity index (χ0v) is 11.8. The van der Waals surface area contributed by atoms with Crippen LogP contribution in [-0.4, -0.2) is 36.3 Å². The highest BCUT2D eigenvalue weighted by atomic mass is 16.2. The van der Waals surface area contributed by atoms with Gasteiger partial charge in [0.05, 0.1) is 0 Å². The normalized spacial score (nSPS) is 11.9. The van der Waals surface area contributed by atoms with Crippen LogP contribution in [0.4, 0.5) is 5.82 Å². The van der Waals surface area contributed by atoms with Crippen molar-refractivity contribution in [1.82, 2.24) is 30.4 Å². The Morgan fingerprint density at radius 2 is 1.95 bits per heavy atom. The van der Waals surface area contributed by atoms with E-state index in [1.54, 1.807) is 19.1 Å². The number of amides is 1. The van der Waals surface area contributed by atoms with Crippen molar-refractivity contribution >= 4 is 11.7 Å². The summed E-state index contributed by atoms with van der Waals surface area (Å²) in [6.45, 7) is 1.68. The predicted octanol–water partition coefficient (Wildman–Crippen LogP) is 1.33. The van der Waals surface area contributed by atoms with Crippen molar-refractivity contribution in [2.24, 2.45) is 0 Å². The number of carbonyl (C=O) groups excluding carboxylic acids is 1. The van der Waals surface area contributed by atoms with Gasteiger partial charge in [0.25, 0.3) is 5.91 Å². The van der Waals surface area contributed by atoms with E-state index >= 15 is 0 Å². The van der Waals surface area contributed by atoms with Gasteiger partial charge in [0.1, 0.15) is 6.04 Å². The maximum absolute atomic E-state index is 12.2. The zero-order valence-electron chi connectivity index (χ0n) is 11.8. The third-order valence-corrected chi connectivity index (χ3v) is 3.01. The van der Waals surface area contributed by atoms with Crippen molar-refractivity contribution in [1.29, 1.82) is 0 Å². The van der Waals surface area contributed by atoms with Gasteiger partial charge in [-0.2, -0.15) is 9.90 Å². The van der Waals surface area contributed by atoms with Crippen LogP contribution in [0.1, 0.15) is 13.0 Å². The highest BCUT2D eigenvalue weighted by Crippen LogP contribution is 2.14. The predicted molar refractivity (Wildman–Crippen MR) is 78.6 cm³/mol. The highest BCUT2D eigenvalue weighted by Gasteiger charge is 2.19. The Bertz CT molecular complexity index is 757. The summed E-state index contributed by atoms with van der Waals surface area (Å²) in [6.07, 6.45) is 1.53. The topological polar surface area (TPSA) is 98.5 Å². The van der Waals surface area contributed by atoms with Crippen molar-refractivity contribution in [3.05, 3.63) is 48.7 Å². The van der Waals surface area contributed by atoms with Gasteiger partial charge in [0.2, 0.25) is 5.82 Å². The molecular formula is C14H13N7O. The van der Waals surface area contributed by atoms with E-state index in [4.69, 9.17) is 0 Å². The van der Waals surface area contributed by atoms with Gasteiger partial charge in [-0.1, -0.05) is 30.3 Å². The van der Waals surface area contributed by atoms with Crippen LogP contribution in [0, 0.1) is 0 Å². The van der Waals surface area contributed by atoms with Crippen molar-refractivity contribution in [3.8, 4) is 11.4 Å². The molecule has 3 rings (SSSR count). The van der Waals surface area contributed by atoms with Crippen molar-refractivity contribution in [2.75, 3.05) is 5.32 Å². The number of nitrogens with zero attached hydrogens (tertiary/aromatic N) is 6. The molecule has 2 heterocycles. The van der Waals surface area contributed by atoms with E-state index < -0.39 is 6.04 Å². The molecule has 0 aliphatic rings. The van der Waals surface area contributed by atoms with Crippen molar-refractivity contribution in [3.63, 3.8) is 0 Å². The molecule has 0 unspecified atom stereocenters. The molecular weight excluding hydrogens is 282 g/mol. The first kappa shape index (κ1) is 13.8. The average Bonchev–Trinajstić information content (AvgIpc) is 3.06. The Kier molecular flexibility index (Phi) is 3.82. The van der Waals surface area contributed by atoms with E-state index in [0.29, 0.717) is 11.6 Å². The molecule has 2 aromatic heterocycles. The lowest BCUT2D eigenvalue weighted by Crippen LogP contribution is -2.25. The van der Waals surface area contributed by atoms with E-state index in [2.05, 4.69) is 30.9 Å². The molecule has 8 nitrogen and oxygen atoms in total. The molecule has 0 fully saturated rings. The number of hydrogen-bond donors (Lipinski definition) is 1.